The Morgan fingerprint density at radius 2 is 1.68 bits per heavy atom. The molecule has 0 heterocycles. The van der Waals surface area contributed by atoms with E-state index in [4.69, 9.17) is 22.1 Å². The highest BCUT2D eigenvalue weighted by Gasteiger charge is 2.28. The summed E-state index contributed by atoms with van der Waals surface area (Å²) in [6.45, 7) is 2.62. The van der Waals surface area contributed by atoms with E-state index in [1.807, 2.05) is 18.2 Å². The fraction of sp³-hybridized carbons (Fsp3) is 0.310. The van der Waals surface area contributed by atoms with Gasteiger partial charge in [0.05, 0.1) is 0 Å². The van der Waals surface area contributed by atoms with Gasteiger partial charge in [-0.1, -0.05) is 54.9 Å². The molecule has 0 spiro atoms. The molecule has 3 atom stereocenters. The Morgan fingerprint density at radius 3 is 2.37 bits per heavy atom. The van der Waals surface area contributed by atoms with Crippen LogP contribution in [0.5, 0.6) is 0 Å². The second kappa shape index (κ2) is 14.1. The molecule has 0 aliphatic rings. The number of aryl methyl sites for hydroxylation is 1. The van der Waals surface area contributed by atoms with Crippen molar-refractivity contribution in [3.63, 3.8) is 0 Å². The average Bonchev–Trinajstić information content (AvgIpc) is 2.87. The number of benzene rings is 3. The minimum atomic E-state index is -1.73. The third kappa shape index (κ3) is 8.99. The van der Waals surface area contributed by atoms with Gasteiger partial charge in [-0.15, -0.1) is 0 Å². The molecule has 0 aliphatic heterocycles. The fourth-order valence-corrected chi connectivity index (χ4v) is 4.19. The first-order valence-electron chi connectivity index (χ1n) is 12.3. The number of hydrogen-bond acceptors (Lipinski definition) is 6. The van der Waals surface area contributed by atoms with Gasteiger partial charge in [-0.2, -0.15) is 0 Å². The molecule has 0 aromatic heterocycles. The number of aliphatic hydroxyl groups is 1. The maximum absolute atomic E-state index is 13.7. The molecule has 0 aliphatic carbocycles. The lowest BCUT2D eigenvalue weighted by atomic mass is 10.0. The van der Waals surface area contributed by atoms with Gasteiger partial charge in [0.1, 0.15) is 17.7 Å². The van der Waals surface area contributed by atoms with Crippen molar-refractivity contribution in [1.29, 1.82) is 0 Å². The molecular weight excluding hydrogens is 514 g/mol. The minimum absolute atomic E-state index is 0.0111. The van der Waals surface area contributed by atoms with Gasteiger partial charge >= 0.3 is 5.97 Å². The van der Waals surface area contributed by atoms with Crippen molar-refractivity contribution in [2.24, 2.45) is 5.73 Å². The molecule has 0 saturated carbocycles. The third-order valence-electron chi connectivity index (χ3n) is 6.01. The molecule has 3 rings (SSSR count). The Labute approximate surface area is 225 Å². The van der Waals surface area contributed by atoms with Crippen LogP contribution in [0.1, 0.15) is 40.4 Å². The largest absolute Gasteiger partial charge is 0.457 e. The maximum Gasteiger partial charge on any atom is 0.335 e. The van der Waals surface area contributed by atoms with Gasteiger partial charge in [-0.25, -0.2) is 13.6 Å². The van der Waals surface area contributed by atoms with E-state index in [1.165, 1.54) is 17.7 Å². The van der Waals surface area contributed by atoms with Gasteiger partial charge in [0.15, 0.2) is 11.9 Å². The average molecular weight is 545 g/mol. The lowest BCUT2D eigenvalue weighted by molar-refractivity contribution is -0.159. The highest BCUT2D eigenvalue weighted by Crippen LogP contribution is 2.16. The Kier molecular flexibility index (Phi) is 10.9. The predicted octanol–water partition coefficient (Wildman–Crippen LogP) is 4.39. The van der Waals surface area contributed by atoms with Crippen LogP contribution in [0.15, 0.2) is 66.7 Å². The van der Waals surface area contributed by atoms with Gasteiger partial charge in [-0.3, -0.25) is 4.79 Å². The van der Waals surface area contributed by atoms with Crippen molar-refractivity contribution in [3.05, 3.63) is 106 Å². The molecule has 0 amide bonds. The van der Waals surface area contributed by atoms with Crippen LogP contribution in [-0.4, -0.2) is 41.7 Å². The first kappa shape index (κ1) is 29.4. The van der Waals surface area contributed by atoms with E-state index in [0.29, 0.717) is 17.1 Å². The van der Waals surface area contributed by atoms with Crippen LogP contribution in [0.2, 0.25) is 5.02 Å². The minimum Gasteiger partial charge on any atom is -0.457 e. The summed E-state index contributed by atoms with van der Waals surface area (Å²) in [6, 6.07) is 16.3. The summed E-state index contributed by atoms with van der Waals surface area (Å²) in [5, 5.41) is 13.9. The summed E-state index contributed by atoms with van der Waals surface area (Å²) in [4.78, 5) is 25.2. The Morgan fingerprint density at radius 1 is 1.00 bits per heavy atom. The smallest absolute Gasteiger partial charge is 0.335 e. The SMILES string of the molecule is CCc1cccc(CNC[C@@H](OC(=O)C(O)CC(=O)c2cccc(Cl)c2)[C@@H](N)Cc2cc(F)cc(F)c2)c1. The molecule has 38 heavy (non-hydrogen) atoms. The number of carbonyl (C=O) groups is 2. The van der Waals surface area contributed by atoms with E-state index in [9.17, 15) is 23.5 Å². The molecule has 0 bridgehead atoms. The molecule has 3 aromatic carbocycles. The number of hydrogen-bond donors (Lipinski definition) is 3. The molecule has 202 valence electrons. The van der Waals surface area contributed by atoms with Gasteiger partial charge in [0, 0.05) is 42.2 Å². The number of nitrogens with one attached hydrogen (secondary N) is 1. The number of Topliss-reactive ketones (excluding diaryl/α,β-unsaturated/α-hetero) is 1. The Bertz CT molecular complexity index is 1240. The van der Waals surface area contributed by atoms with E-state index in [1.54, 1.807) is 12.1 Å². The van der Waals surface area contributed by atoms with Crippen LogP contribution in [0.4, 0.5) is 8.78 Å². The predicted molar refractivity (Wildman–Crippen MR) is 142 cm³/mol. The summed E-state index contributed by atoms with van der Waals surface area (Å²) in [5.41, 5.74) is 9.04. The van der Waals surface area contributed by atoms with Crippen LogP contribution in [-0.2, 0) is 28.9 Å². The van der Waals surface area contributed by atoms with Gasteiger partial charge in [0.2, 0.25) is 0 Å². The molecule has 4 N–H and O–H groups in total. The fourth-order valence-electron chi connectivity index (χ4n) is 4.00. The zero-order valence-corrected chi connectivity index (χ0v) is 21.8. The number of carbonyl (C=O) groups excluding carboxylic acids is 2. The van der Waals surface area contributed by atoms with Crippen LogP contribution in [0, 0.1) is 11.6 Å². The van der Waals surface area contributed by atoms with Crippen LogP contribution in [0.3, 0.4) is 0 Å². The van der Waals surface area contributed by atoms with E-state index in [2.05, 4.69) is 18.3 Å². The topological polar surface area (TPSA) is 102 Å². The van der Waals surface area contributed by atoms with Gasteiger partial charge in [0.25, 0.3) is 0 Å². The Hall–Kier alpha value is -3.17. The van der Waals surface area contributed by atoms with E-state index in [-0.39, 0.29) is 18.5 Å². The summed E-state index contributed by atoms with van der Waals surface area (Å²) in [6.07, 6.45) is -2.30. The van der Waals surface area contributed by atoms with Gasteiger partial charge in [-0.05, 0) is 53.8 Å². The van der Waals surface area contributed by atoms with Crippen molar-refractivity contribution in [3.8, 4) is 0 Å². The molecule has 0 saturated heterocycles. The number of ether oxygens (including phenoxy) is 1. The van der Waals surface area contributed by atoms with E-state index in [0.717, 1.165) is 30.2 Å². The Balaban J connectivity index is 1.68. The molecule has 6 nitrogen and oxygen atoms in total. The van der Waals surface area contributed by atoms with Crippen LogP contribution in [0.25, 0.3) is 0 Å². The first-order chi connectivity index (χ1) is 18.1. The summed E-state index contributed by atoms with van der Waals surface area (Å²) in [7, 11) is 0. The van der Waals surface area contributed by atoms with Crippen LogP contribution >= 0.6 is 11.6 Å². The molecule has 1 unspecified atom stereocenters. The third-order valence-corrected chi connectivity index (χ3v) is 6.25. The zero-order valence-electron chi connectivity index (χ0n) is 21.0. The summed E-state index contributed by atoms with van der Waals surface area (Å²) < 4.78 is 32.9. The van der Waals surface area contributed by atoms with Crippen molar-refractivity contribution in [1.82, 2.24) is 5.32 Å². The quantitative estimate of drug-likeness (QED) is 0.218. The van der Waals surface area contributed by atoms with E-state index >= 15 is 0 Å². The highest BCUT2D eigenvalue weighted by molar-refractivity contribution is 6.31. The zero-order chi connectivity index (χ0) is 27.7. The molecule has 0 radical (unpaired) electrons. The van der Waals surface area contributed by atoms with Crippen molar-refractivity contribution >= 4 is 23.4 Å². The molecule has 3 aromatic rings. The summed E-state index contributed by atoms with van der Waals surface area (Å²) >= 11 is 5.91. The normalized spacial score (nSPS) is 13.5. The molecule has 0 fully saturated rings. The number of ketones is 1. The summed E-state index contributed by atoms with van der Waals surface area (Å²) in [5.74, 6) is -3.00. The number of esters is 1. The monoisotopic (exact) mass is 544 g/mol. The number of halogens is 3. The first-order valence-corrected chi connectivity index (χ1v) is 12.7. The lowest BCUT2D eigenvalue weighted by Crippen LogP contribution is -2.47. The number of aliphatic hydroxyl groups excluding tert-OH is 1. The van der Waals surface area contributed by atoms with Gasteiger partial charge < -0.3 is 20.9 Å². The standard InChI is InChI=1S/C29H31ClF2N2O4/c1-2-18-5-3-6-19(9-18)16-34-17-28(25(33)12-20-10-23(31)14-24(32)11-20)38-29(37)27(36)15-26(35)21-7-4-8-22(30)13-21/h3-11,13-14,25,27-28,34,36H,2,12,15-17,33H2,1H3/t25-,27?,28+/m0/s1. The van der Waals surface area contributed by atoms with E-state index < -0.39 is 48.1 Å². The lowest BCUT2D eigenvalue weighted by Gasteiger charge is -2.26. The number of nitrogens with two attached hydrogens (primary N) is 1. The van der Waals surface area contributed by atoms with Crippen molar-refractivity contribution < 1.29 is 28.2 Å². The molecule has 9 heteroatoms. The number of rotatable bonds is 13. The van der Waals surface area contributed by atoms with Crippen LogP contribution < -0.4 is 11.1 Å². The van der Waals surface area contributed by atoms with Crippen molar-refractivity contribution in [2.45, 2.75) is 51.0 Å². The second-order valence-corrected chi connectivity index (χ2v) is 9.52. The molecular formula is C29H31ClF2N2O4. The second-order valence-electron chi connectivity index (χ2n) is 9.08. The maximum atomic E-state index is 13.7. The highest BCUT2D eigenvalue weighted by atomic mass is 35.5. The van der Waals surface area contributed by atoms with Crippen molar-refractivity contribution in [2.75, 3.05) is 6.54 Å².